The molecule has 0 aliphatic heterocycles. The smallest absolute Gasteiger partial charge is 0.159 e. The monoisotopic (exact) mass is 278 g/mol. The number of hydrogen-bond donors (Lipinski definition) is 0. The lowest BCUT2D eigenvalue weighted by atomic mass is 10.1. The van der Waals surface area contributed by atoms with E-state index in [0.717, 1.165) is 18.4 Å². The summed E-state index contributed by atoms with van der Waals surface area (Å²) in [4.78, 5) is 8.55. The quantitative estimate of drug-likeness (QED) is 0.743. The van der Waals surface area contributed by atoms with E-state index in [2.05, 4.69) is 16.9 Å². The third-order valence-corrected chi connectivity index (χ3v) is 3.11. The highest BCUT2D eigenvalue weighted by molar-refractivity contribution is 6.30. The van der Waals surface area contributed by atoms with Gasteiger partial charge < -0.3 is 0 Å². The summed E-state index contributed by atoms with van der Waals surface area (Å²) in [5.74, 6) is 0.124. The molecular weight excluding hydrogens is 263 g/mol. The summed E-state index contributed by atoms with van der Waals surface area (Å²) in [5, 5.41) is 0.352. The summed E-state index contributed by atoms with van der Waals surface area (Å²) >= 11 is 5.82. The van der Waals surface area contributed by atoms with Crippen LogP contribution in [0.15, 0.2) is 30.6 Å². The SMILES string of the molecule is CCCCCc1cnc(-c2cc(F)cc(Cl)c2)nc1. The van der Waals surface area contributed by atoms with E-state index < -0.39 is 0 Å². The number of benzene rings is 1. The van der Waals surface area contributed by atoms with Crippen LogP contribution in [0.2, 0.25) is 5.02 Å². The maximum absolute atomic E-state index is 13.3. The number of nitrogens with zero attached hydrogens (tertiary/aromatic N) is 2. The Morgan fingerprint density at radius 2 is 1.84 bits per heavy atom. The van der Waals surface area contributed by atoms with Gasteiger partial charge in [-0.25, -0.2) is 14.4 Å². The van der Waals surface area contributed by atoms with Gasteiger partial charge in [0.2, 0.25) is 0 Å². The van der Waals surface area contributed by atoms with Crippen LogP contribution in [0.3, 0.4) is 0 Å². The highest BCUT2D eigenvalue weighted by Crippen LogP contribution is 2.21. The number of aromatic nitrogens is 2. The minimum Gasteiger partial charge on any atom is -0.236 e. The van der Waals surface area contributed by atoms with Crippen molar-refractivity contribution in [3.8, 4) is 11.4 Å². The Bertz CT molecular complexity index is 520. The minimum absolute atomic E-state index is 0.352. The van der Waals surface area contributed by atoms with Gasteiger partial charge >= 0.3 is 0 Å². The molecule has 0 saturated carbocycles. The van der Waals surface area contributed by atoms with Gasteiger partial charge in [0.05, 0.1) is 0 Å². The maximum Gasteiger partial charge on any atom is 0.159 e. The molecule has 1 aromatic carbocycles. The first-order valence-electron chi connectivity index (χ1n) is 6.46. The van der Waals surface area contributed by atoms with Crippen LogP contribution in [-0.2, 0) is 6.42 Å². The van der Waals surface area contributed by atoms with Crippen molar-refractivity contribution in [2.75, 3.05) is 0 Å². The van der Waals surface area contributed by atoms with Crippen molar-refractivity contribution in [2.45, 2.75) is 32.6 Å². The van der Waals surface area contributed by atoms with E-state index in [1.54, 1.807) is 18.5 Å². The van der Waals surface area contributed by atoms with Crippen molar-refractivity contribution >= 4 is 11.6 Å². The third kappa shape index (κ3) is 4.00. The topological polar surface area (TPSA) is 25.8 Å². The van der Waals surface area contributed by atoms with Crippen molar-refractivity contribution in [1.82, 2.24) is 9.97 Å². The molecule has 2 rings (SSSR count). The van der Waals surface area contributed by atoms with Crippen LogP contribution in [0.5, 0.6) is 0 Å². The second-order valence-electron chi connectivity index (χ2n) is 4.53. The number of rotatable bonds is 5. The molecule has 0 N–H and O–H groups in total. The van der Waals surface area contributed by atoms with Crippen LogP contribution >= 0.6 is 11.6 Å². The normalized spacial score (nSPS) is 10.7. The Hall–Kier alpha value is -1.48. The van der Waals surface area contributed by atoms with E-state index in [1.807, 2.05) is 0 Å². The Balaban J connectivity index is 2.13. The Morgan fingerprint density at radius 3 is 2.47 bits per heavy atom. The lowest BCUT2D eigenvalue weighted by Crippen LogP contribution is -1.93. The number of aryl methyl sites for hydroxylation is 1. The zero-order valence-electron chi connectivity index (χ0n) is 10.9. The minimum atomic E-state index is -0.377. The van der Waals surface area contributed by atoms with Crippen molar-refractivity contribution in [3.63, 3.8) is 0 Å². The first kappa shape index (κ1) is 13.9. The van der Waals surface area contributed by atoms with Gasteiger partial charge in [0.25, 0.3) is 0 Å². The Labute approximate surface area is 117 Å². The van der Waals surface area contributed by atoms with E-state index in [-0.39, 0.29) is 5.82 Å². The highest BCUT2D eigenvalue weighted by atomic mass is 35.5. The predicted molar refractivity (Wildman–Crippen MR) is 75.7 cm³/mol. The molecule has 0 saturated heterocycles. The van der Waals surface area contributed by atoms with Crippen molar-refractivity contribution < 1.29 is 4.39 Å². The Kier molecular flexibility index (Phi) is 4.86. The van der Waals surface area contributed by atoms with E-state index in [9.17, 15) is 4.39 Å². The second-order valence-corrected chi connectivity index (χ2v) is 4.97. The standard InChI is InChI=1S/C15H16ClFN2/c1-2-3-4-5-11-9-18-15(19-10-11)12-6-13(16)8-14(17)7-12/h6-10H,2-5H2,1H3. The summed E-state index contributed by atoms with van der Waals surface area (Å²) < 4.78 is 13.3. The second kappa shape index (κ2) is 6.62. The highest BCUT2D eigenvalue weighted by Gasteiger charge is 2.05. The van der Waals surface area contributed by atoms with Crippen LogP contribution in [0.25, 0.3) is 11.4 Å². The molecular formula is C15H16ClFN2. The Morgan fingerprint density at radius 1 is 1.11 bits per heavy atom. The summed E-state index contributed by atoms with van der Waals surface area (Å²) in [6.07, 6.45) is 8.14. The maximum atomic E-state index is 13.3. The van der Waals surface area contributed by atoms with E-state index in [1.165, 1.54) is 25.0 Å². The zero-order chi connectivity index (χ0) is 13.7. The molecule has 0 fully saturated rings. The molecule has 0 aliphatic carbocycles. The van der Waals surface area contributed by atoms with Crippen LogP contribution < -0.4 is 0 Å². The molecule has 0 aliphatic rings. The lowest BCUT2D eigenvalue weighted by molar-refractivity contribution is 0.628. The summed E-state index contributed by atoms with van der Waals surface area (Å²) in [5.41, 5.74) is 1.71. The molecule has 19 heavy (non-hydrogen) atoms. The van der Waals surface area contributed by atoms with Gasteiger partial charge in [0, 0.05) is 23.0 Å². The van der Waals surface area contributed by atoms with Gasteiger partial charge in [-0.2, -0.15) is 0 Å². The van der Waals surface area contributed by atoms with Crippen molar-refractivity contribution in [1.29, 1.82) is 0 Å². The van der Waals surface area contributed by atoms with Gasteiger partial charge in [0.1, 0.15) is 5.82 Å². The van der Waals surface area contributed by atoms with Crippen LogP contribution in [0, 0.1) is 5.82 Å². The summed E-state index contributed by atoms with van der Waals surface area (Å²) in [6.45, 7) is 2.17. The summed E-state index contributed by atoms with van der Waals surface area (Å²) in [6, 6.07) is 4.32. The fourth-order valence-electron chi connectivity index (χ4n) is 1.90. The molecule has 0 unspecified atom stereocenters. The molecule has 0 radical (unpaired) electrons. The average molecular weight is 279 g/mol. The van der Waals surface area contributed by atoms with E-state index in [0.29, 0.717) is 16.4 Å². The molecule has 2 nitrogen and oxygen atoms in total. The van der Waals surface area contributed by atoms with E-state index >= 15 is 0 Å². The summed E-state index contributed by atoms with van der Waals surface area (Å²) in [7, 11) is 0. The van der Waals surface area contributed by atoms with Gasteiger partial charge in [0.15, 0.2) is 5.82 Å². The largest absolute Gasteiger partial charge is 0.236 e. The number of halogens is 2. The molecule has 4 heteroatoms. The first-order chi connectivity index (χ1) is 9.19. The van der Waals surface area contributed by atoms with Crippen molar-refractivity contribution in [3.05, 3.63) is 47.0 Å². The fourth-order valence-corrected chi connectivity index (χ4v) is 2.12. The first-order valence-corrected chi connectivity index (χ1v) is 6.84. The molecule has 1 heterocycles. The molecule has 0 amide bonds. The molecule has 1 aromatic heterocycles. The molecule has 0 spiro atoms. The van der Waals surface area contributed by atoms with Gasteiger partial charge in [-0.05, 0) is 36.6 Å². The average Bonchev–Trinajstić information content (AvgIpc) is 2.39. The van der Waals surface area contributed by atoms with Crippen LogP contribution in [0.4, 0.5) is 4.39 Å². The third-order valence-electron chi connectivity index (χ3n) is 2.90. The van der Waals surface area contributed by atoms with Crippen LogP contribution in [0.1, 0.15) is 31.7 Å². The lowest BCUT2D eigenvalue weighted by Gasteiger charge is -2.03. The molecule has 2 aromatic rings. The zero-order valence-corrected chi connectivity index (χ0v) is 11.6. The van der Waals surface area contributed by atoms with E-state index in [4.69, 9.17) is 11.6 Å². The van der Waals surface area contributed by atoms with Gasteiger partial charge in [-0.1, -0.05) is 31.4 Å². The predicted octanol–water partition coefficient (Wildman–Crippen LogP) is 4.67. The van der Waals surface area contributed by atoms with Crippen molar-refractivity contribution in [2.24, 2.45) is 0 Å². The van der Waals surface area contributed by atoms with Gasteiger partial charge in [-0.3, -0.25) is 0 Å². The number of unbranched alkanes of at least 4 members (excludes halogenated alkanes) is 2. The molecule has 0 atom stereocenters. The van der Waals surface area contributed by atoms with Crippen LogP contribution in [-0.4, -0.2) is 9.97 Å². The number of hydrogen-bond acceptors (Lipinski definition) is 2. The molecule has 100 valence electrons. The van der Waals surface area contributed by atoms with Gasteiger partial charge in [-0.15, -0.1) is 0 Å². The molecule has 0 bridgehead atoms. The fraction of sp³-hybridized carbons (Fsp3) is 0.333.